The highest BCUT2D eigenvalue weighted by Crippen LogP contribution is 2.17. The number of piperazine rings is 1. The molecule has 3 heterocycles. The number of fused-ring (bicyclic) bond motifs is 1. The van der Waals surface area contributed by atoms with Crippen LogP contribution in [0.25, 0.3) is 5.65 Å². The Morgan fingerprint density at radius 2 is 2.38 bits per heavy atom. The number of nitrogens with one attached hydrogen (secondary N) is 1. The summed E-state index contributed by atoms with van der Waals surface area (Å²) >= 11 is 0. The summed E-state index contributed by atoms with van der Waals surface area (Å²) in [7, 11) is 0. The van der Waals surface area contributed by atoms with Crippen LogP contribution in [0.2, 0.25) is 0 Å². The Labute approximate surface area is 94.9 Å². The van der Waals surface area contributed by atoms with E-state index >= 15 is 0 Å². The van der Waals surface area contributed by atoms with E-state index in [1.165, 1.54) is 5.82 Å². The number of aromatic nitrogens is 2. The summed E-state index contributed by atoms with van der Waals surface area (Å²) in [5.41, 5.74) is 1.02. The molecule has 3 rings (SSSR count). The number of anilines is 1. The molecule has 1 aliphatic heterocycles. The van der Waals surface area contributed by atoms with Crippen molar-refractivity contribution in [2.24, 2.45) is 0 Å². The van der Waals surface area contributed by atoms with Gasteiger partial charge < -0.3 is 10.2 Å². The van der Waals surface area contributed by atoms with Crippen LogP contribution in [-0.2, 0) is 0 Å². The van der Waals surface area contributed by atoms with Crippen molar-refractivity contribution in [1.82, 2.24) is 14.7 Å². The van der Waals surface area contributed by atoms with E-state index in [4.69, 9.17) is 0 Å². The fourth-order valence-corrected chi connectivity index (χ4v) is 2.29. The Balaban J connectivity index is 1.99. The van der Waals surface area contributed by atoms with Crippen molar-refractivity contribution in [3.05, 3.63) is 30.6 Å². The number of hydrogen-bond acceptors (Lipinski definition) is 3. The average molecular weight is 216 g/mol. The monoisotopic (exact) mass is 216 g/mol. The molecule has 0 aliphatic carbocycles. The Hall–Kier alpha value is -1.55. The first-order chi connectivity index (χ1) is 7.84. The van der Waals surface area contributed by atoms with E-state index in [0.717, 1.165) is 25.3 Å². The molecule has 1 aliphatic rings. The van der Waals surface area contributed by atoms with Gasteiger partial charge in [-0.05, 0) is 19.1 Å². The lowest BCUT2D eigenvalue weighted by molar-refractivity contribution is 0.482. The fraction of sp³-hybridized carbons (Fsp3) is 0.417. The van der Waals surface area contributed by atoms with Gasteiger partial charge in [-0.1, -0.05) is 6.07 Å². The van der Waals surface area contributed by atoms with Gasteiger partial charge in [0, 0.05) is 31.9 Å². The van der Waals surface area contributed by atoms with E-state index in [2.05, 4.69) is 32.7 Å². The lowest BCUT2D eigenvalue weighted by Crippen LogP contribution is -2.49. The van der Waals surface area contributed by atoms with E-state index in [9.17, 15) is 0 Å². The van der Waals surface area contributed by atoms with Crippen LogP contribution in [0.15, 0.2) is 30.6 Å². The molecule has 0 saturated carbocycles. The van der Waals surface area contributed by atoms with Crippen molar-refractivity contribution in [3.63, 3.8) is 0 Å². The molecule has 0 bridgehead atoms. The van der Waals surface area contributed by atoms with Crippen molar-refractivity contribution in [3.8, 4) is 0 Å². The molecular formula is C12H16N4. The van der Waals surface area contributed by atoms with Crippen LogP contribution < -0.4 is 10.2 Å². The first-order valence-electron chi connectivity index (χ1n) is 5.75. The predicted molar refractivity (Wildman–Crippen MR) is 64.9 cm³/mol. The summed E-state index contributed by atoms with van der Waals surface area (Å²) in [6.07, 6.45) is 4.04. The standard InChI is InChI=1S/C12H16N4/c1-10-9-15(7-5-13-10)12-8-14-11-4-2-3-6-16(11)12/h2-4,6,8,10,13H,5,7,9H2,1H3. The summed E-state index contributed by atoms with van der Waals surface area (Å²) in [5, 5.41) is 3.45. The zero-order chi connectivity index (χ0) is 11.0. The van der Waals surface area contributed by atoms with Gasteiger partial charge in [-0.25, -0.2) is 4.98 Å². The highest BCUT2D eigenvalue weighted by Gasteiger charge is 2.18. The van der Waals surface area contributed by atoms with Gasteiger partial charge in [0.2, 0.25) is 0 Å². The van der Waals surface area contributed by atoms with Crippen LogP contribution in [0.3, 0.4) is 0 Å². The van der Waals surface area contributed by atoms with Gasteiger partial charge >= 0.3 is 0 Å². The van der Waals surface area contributed by atoms with Crippen molar-refractivity contribution < 1.29 is 0 Å². The minimum Gasteiger partial charge on any atom is -0.354 e. The van der Waals surface area contributed by atoms with Crippen LogP contribution in [0.1, 0.15) is 6.92 Å². The molecule has 1 atom stereocenters. The van der Waals surface area contributed by atoms with Gasteiger partial charge in [0.15, 0.2) is 0 Å². The van der Waals surface area contributed by atoms with Crippen LogP contribution in [0.4, 0.5) is 5.82 Å². The fourth-order valence-electron chi connectivity index (χ4n) is 2.29. The largest absolute Gasteiger partial charge is 0.354 e. The lowest BCUT2D eigenvalue weighted by atomic mass is 10.2. The number of pyridine rings is 1. The third-order valence-corrected chi connectivity index (χ3v) is 3.09. The SMILES string of the molecule is CC1CN(c2cnc3ccccn23)CCN1. The molecule has 1 fully saturated rings. The van der Waals surface area contributed by atoms with Crippen LogP contribution in [-0.4, -0.2) is 35.1 Å². The number of hydrogen-bond donors (Lipinski definition) is 1. The Bertz CT molecular complexity index is 490. The van der Waals surface area contributed by atoms with Gasteiger partial charge in [0.1, 0.15) is 11.5 Å². The van der Waals surface area contributed by atoms with Gasteiger partial charge in [-0.15, -0.1) is 0 Å². The molecule has 0 aromatic carbocycles. The second-order valence-corrected chi connectivity index (χ2v) is 4.35. The second kappa shape index (κ2) is 3.79. The Morgan fingerprint density at radius 1 is 1.44 bits per heavy atom. The average Bonchev–Trinajstić information content (AvgIpc) is 2.72. The van der Waals surface area contributed by atoms with E-state index < -0.39 is 0 Å². The minimum atomic E-state index is 0.544. The summed E-state index contributed by atoms with van der Waals surface area (Å²) in [6.45, 7) is 5.35. The first kappa shape index (κ1) is 9.66. The molecular weight excluding hydrogens is 200 g/mol. The van der Waals surface area contributed by atoms with Crippen molar-refractivity contribution in [2.75, 3.05) is 24.5 Å². The van der Waals surface area contributed by atoms with Crippen LogP contribution >= 0.6 is 0 Å². The van der Waals surface area contributed by atoms with Crippen molar-refractivity contribution in [1.29, 1.82) is 0 Å². The summed E-state index contributed by atoms with van der Waals surface area (Å²) in [6, 6.07) is 6.65. The third kappa shape index (κ3) is 1.55. The smallest absolute Gasteiger partial charge is 0.138 e. The quantitative estimate of drug-likeness (QED) is 0.775. The highest BCUT2D eigenvalue weighted by molar-refractivity contribution is 5.51. The maximum Gasteiger partial charge on any atom is 0.138 e. The van der Waals surface area contributed by atoms with Crippen molar-refractivity contribution >= 4 is 11.5 Å². The van der Waals surface area contributed by atoms with Gasteiger partial charge in [0.25, 0.3) is 0 Å². The summed E-state index contributed by atoms with van der Waals surface area (Å²) < 4.78 is 2.15. The van der Waals surface area contributed by atoms with Crippen LogP contribution in [0, 0.1) is 0 Å². The van der Waals surface area contributed by atoms with Gasteiger partial charge in [-0.3, -0.25) is 4.40 Å². The Kier molecular flexibility index (Phi) is 2.29. The lowest BCUT2D eigenvalue weighted by Gasteiger charge is -2.32. The zero-order valence-corrected chi connectivity index (χ0v) is 9.43. The number of rotatable bonds is 1. The molecule has 0 amide bonds. The molecule has 4 heteroatoms. The topological polar surface area (TPSA) is 32.6 Å². The predicted octanol–water partition coefficient (Wildman–Crippen LogP) is 1.13. The molecule has 16 heavy (non-hydrogen) atoms. The Morgan fingerprint density at radius 3 is 3.25 bits per heavy atom. The molecule has 4 nitrogen and oxygen atoms in total. The summed E-state index contributed by atoms with van der Waals surface area (Å²) in [5.74, 6) is 1.20. The molecule has 1 unspecified atom stereocenters. The van der Waals surface area contributed by atoms with Crippen LogP contribution in [0.5, 0.6) is 0 Å². The highest BCUT2D eigenvalue weighted by atomic mass is 15.3. The molecule has 2 aromatic heterocycles. The van der Waals surface area contributed by atoms with E-state index in [0.29, 0.717) is 6.04 Å². The van der Waals surface area contributed by atoms with E-state index in [1.807, 2.05) is 24.4 Å². The third-order valence-electron chi connectivity index (χ3n) is 3.09. The maximum atomic E-state index is 4.42. The molecule has 2 aromatic rings. The number of imidazole rings is 1. The van der Waals surface area contributed by atoms with E-state index in [1.54, 1.807) is 0 Å². The molecule has 0 spiro atoms. The molecule has 1 N–H and O–H groups in total. The minimum absolute atomic E-state index is 0.544. The van der Waals surface area contributed by atoms with Gasteiger partial charge in [0.05, 0.1) is 6.20 Å². The van der Waals surface area contributed by atoms with E-state index in [-0.39, 0.29) is 0 Å². The first-order valence-corrected chi connectivity index (χ1v) is 5.75. The van der Waals surface area contributed by atoms with Gasteiger partial charge in [-0.2, -0.15) is 0 Å². The normalized spacial score (nSPS) is 21.6. The molecule has 0 radical (unpaired) electrons. The zero-order valence-electron chi connectivity index (χ0n) is 9.43. The molecule has 84 valence electrons. The summed E-state index contributed by atoms with van der Waals surface area (Å²) in [4.78, 5) is 6.81. The maximum absolute atomic E-state index is 4.42. The second-order valence-electron chi connectivity index (χ2n) is 4.35. The molecule has 1 saturated heterocycles. The number of nitrogens with zero attached hydrogens (tertiary/aromatic N) is 3. The van der Waals surface area contributed by atoms with Crippen molar-refractivity contribution in [2.45, 2.75) is 13.0 Å².